The summed E-state index contributed by atoms with van der Waals surface area (Å²) in [6.07, 6.45) is -5.00. The summed E-state index contributed by atoms with van der Waals surface area (Å²) in [4.78, 5) is 26.9. The Morgan fingerprint density at radius 1 is 1.23 bits per heavy atom. The number of carbonyl (C=O) groups excluding carboxylic acids is 2. The Morgan fingerprint density at radius 2 is 1.93 bits per heavy atom. The number of hydrogen-bond donors (Lipinski definition) is 2. The smallest absolute Gasteiger partial charge is 0.416 e. The van der Waals surface area contributed by atoms with Crippen LogP contribution in [0.4, 0.5) is 18.0 Å². The van der Waals surface area contributed by atoms with Crippen LogP contribution in [0.2, 0.25) is 0 Å². The molecule has 0 saturated carbocycles. The zero-order chi connectivity index (χ0) is 22.1. The molecule has 2 heterocycles. The lowest BCUT2D eigenvalue weighted by Gasteiger charge is -2.38. The van der Waals surface area contributed by atoms with Crippen molar-refractivity contribution in [1.82, 2.24) is 15.5 Å². The third-order valence-electron chi connectivity index (χ3n) is 4.54. The van der Waals surface area contributed by atoms with Crippen LogP contribution in [0.5, 0.6) is 0 Å². The molecular formula is C20H24F3N3O3S. The van der Waals surface area contributed by atoms with Gasteiger partial charge in [-0.25, -0.2) is 4.79 Å². The van der Waals surface area contributed by atoms with Gasteiger partial charge < -0.3 is 20.3 Å². The lowest BCUT2D eigenvalue weighted by atomic mass is 10.1. The fourth-order valence-corrected chi connectivity index (χ4v) is 4.05. The normalized spacial score (nSPS) is 15.0. The Morgan fingerprint density at radius 3 is 2.50 bits per heavy atom. The molecule has 1 saturated heterocycles. The Balaban J connectivity index is 1.71. The molecule has 30 heavy (non-hydrogen) atoms. The summed E-state index contributed by atoms with van der Waals surface area (Å²) in [6, 6.07) is 5.04. The van der Waals surface area contributed by atoms with E-state index in [1.165, 1.54) is 6.07 Å². The van der Waals surface area contributed by atoms with Crippen molar-refractivity contribution in [2.24, 2.45) is 0 Å². The van der Waals surface area contributed by atoms with Gasteiger partial charge in [-0.1, -0.05) is 6.07 Å². The van der Waals surface area contributed by atoms with E-state index >= 15 is 0 Å². The van der Waals surface area contributed by atoms with Gasteiger partial charge in [0.1, 0.15) is 5.60 Å². The number of amides is 2. The second-order valence-corrected chi connectivity index (χ2v) is 9.18. The number of thiophene rings is 1. The summed E-state index contributed by atoms with van der Waals surface area (Å²) >= 11 is 1.04. The van der Waals surface area contributed by atoms with Crippen molar-refractivity contribution in [3.8, 4) is 0 Å². The third kappa shape index (κ3) is 5.42. The maximum absolute atomic E-state index is 13.1. The number of carbonyl (C=O) groups is 2. The van der Waals surface area contributed by atoms with Gasteiger partial charge in [-0.15, -0.1) is 11.3 Å². The van der Waals surface area contributed by atoms with Crippen LogP contribution in [0.3, 0.4) is 0 Å². The van der Waals surface area contributed by atoms with Gasteiger partial charge in [0.2, 0.25) is 0 Å². The molecule has 3 rings (SSSR count). The van der Waals surface area contributed by atoms with Crippen molar-refractivity contribution in [2.45, 2.75) is 38.6 Å². The van der Waals surface area contributed by atoms with E-state index in [1.54, 1.807) is 31.7 Å². The van der Waals surface area contributed by atoms with Crippen LogP contribution in [0.15, 0.2) is 24.3 Å². The molecule has 6 nitrogen and oxygen atoms in total. The SMILES string of the molecule is CC(C)(C)OC(=O)NCCN(C(=O)c1cc2ccc(C(F)(F)F)cc2s1)C1CNC1. The van der Waals surface area contributed by atoms with E-state index in [2.05, 4.69) is 10.6 Å². The number of alkyl carbamates (subject to hydrolysis) is 1. The monoisotopic (exact) mass is 443 g/mol. The number of ether oxygens (including phenoxy) is 1. The van der Waals surface area contributed by atoms with Crippen LogP contribution < -0.4 is 10.6 Å². The number of benzene rings is 1. The first-order chi connectivity index (χ1) is 13.9. The maximum atomic E-state index is 13.1. The van der Waals surface area contributed by atoms with E-state index < -0.39 is 23.4 Å². The molecule has 0 unspecified atom stereocenters. The maximum Gasteiger partial charge on any atom is 0.416 e. The number of halogens is 3. The minimum atomic E-state index is -4.43. The van der Waals surface area contributed by atoms with Gasteiger partial charge in [0, 0.05) is 30.9 Å². The fourth-order valence-electron chi connectivity index (χ4n) is 2.99. The molecule has 1 aromatic carbocycles. The van der Waals surface area contributed by atoms with Crippen LogP contribution >= 0.6 is 11.3 Å². The first-order valence-electron chi connectivity index (χ1n) is 9.53. The van der Waals surface area contributed by atoms with E-state index in [1.807, 2.05) is 0 Å². The van der Waals surface area contributed by atoms with Crippen molar-refractivity contribution in [3.63, 3.8) is 0 Å². The average Bonchev–Trinajstić information content (AvgIpc) is 2.99. The topological polar surface area (TPSA) is 70.7 Å². The Bertz CT molecular complexity index is 933. The van der Waals surface area contributed by atoms with Gasteiger partial charge >= 0.3 is 12.3 Å². The molecule has 1 aromatic heterocycles. The van der Waals surface area contributed by atoms with Crippen molar-refractivity contribution >= 4 is 33.4 Å². The predicted molar refractivity (Wildman–Crippen MR) is 109 cm³/mol. The number of nitrogens with one attached hydrogen (secondary N) is 2. The molecule has 0 radical (unpaired) electrons. The molecule has 0 spiro atoms. The van der Waals surface area contributed by atoms with Crippen LogP contribution in [0, 0.1) is 0 Å². The highest BCUT2D eigenvalue weighted by atomic mass is 32.1. The number of hydrogen-bond acceptors (Lipinski definition) is 5. The fraction of sp³-hybridized carbons (Fsp3) is 0.500. The molecule has 164 valence electrons. The Kier molecular flexibility index (Phi) is 6.28. The van der Waals surface area contributed by atoms with Crippen molar-refractivity contribution in [2.75, 3.05) is 26.2 Å². The lowest BCUT2D eigenvalue weighted by Crippen LogP contribution is -2.60. The van der Waals surface area contributed by atoms with E-state index in [4.69, 9.17) is 4.74 Å². The highest BCUT2D eigenvalue weighted by molar-refractivity contribution is 7.20. The quantitative estimate of drug-likeness (QED) is 0.736. The van der Waals surface area contributed by atoms with Gasteiger partial charge in [0.15, 0.2) is 0 Å². The molecule has 10 heteroatoms. The lowest BCUT2D eigenvalue weighted by molar-refractivity contribution is -0.137. The zero-order valence-electron chi connectivity index (χ0n) is 16.9. The summed E-state index contributed by atoms with van der Waals surface area (Å²) < 4.78 is 44.5. The Hall–Kier alpha value is -2.33. The molecule has 1 fully saturated rings. The molecule has 1 aliphatic rings. The highest BCUT2D eigenvalue weighted by Gasteiger charge is 2.32. The molecule has 2 amide bonds. The second kappa shape index (κ2) is 8.43. The third-order valence-corrected chi connectivity index (χ3v) is 5.63. The van der Waals surface area contributed by atoms with E-state index in [0.717, 1.165) is 23.5 Å². The Labute approximate surface area is 176 Å². The van der Waals surface area contributed by atoms with Gasteiger partial charge in [0.05, 0.1) is 16.5 Å². The first kappa shape index (κ1) is 22.4. The number of nitrogens with zero attached hydrogens (tertiary/aromatic N) is 1. The summed E-state index contributed by atoms with van der Waals surface area (Å²) in [5.41, 5.74) is -1.36. The van der Waals surface area contributed by atoms with Crippen molar-refractivity contribution in [3.05, 3.63) is 34.7 Å². The summed E-state index contributed by atoms with van der Waals surface area (Å²) in [6.45, 7) is 7.01. The van der Waals surface area contributed by atoms with Gasteiger partial charge in [0.25, 0.3) is 5.91 Å². The predicted octanol–water partition coefficient (Wildman–Crippen LogP) is 3.86. The van der Waals surface area contributed by atoms with E-state index in [9.17, 15) is 22.8 Å². The molecule has 0 bridgehead atoms. The minimum absolute atomic E-state index is 0.0334. The van der Waals surface area contributed by atoms with Crippen LogP contribution in [0.25, 0.3) is 10.1 Å². The average molecular weight is 443 g/mol. The molecule has 2 aromatic rings. The number of alkyl halides is 3. The zero-order valence-corrected chi connectivity index (χ0v) is 17.7. The molecular weight excluding hydrogens is 419 g/mol. The van der Waals surface area contributed by atoms with Crippen LogP contribution in [0.1, 0.15) is 36.0 Å². The summed E-state index contributed by atoms with van der Waals surface area (Å²) in [5, 5.41) is 6.33. The minimum Gasteiger partial charge on any atom is -0.444 e. The van der Waals surface area contributed by atoms with Crippen LogP contribution in [-0.2, 0) is 10.9 Å². The molecule has 1 aliphatic heterocycles. The number of rotatable bonds is 5. The first-order valence-corrected chi connectivity index (χ1v) is 10.3. The molecule has 0 atom stereocenters. The summed E-state index contributed by atoms with van der Waals surface area (Å²) in [7, 11) is 0. The molecule has 0 aliphatic carbocycles. The highest BCUT2D eigenvalue weighted by Crippen LogP contribution is 2.34. The standard InChI is InChI=1S/C20H24F3N3O3S/c1-19(2,3)29-18(28)25-6-7-26(14-10-24-11-14)17(27)16-8-12-4-5-13(20(21,22)23)9-15(12)30-16/h4-5,8-9,14,24H,6-7,10-11H2,1-3H3,(H,25,28). The van der Waals surface area contributed by atoms with Crippen molar-refractivity contribution in [1.29, 1.82) is 0 Å². The van der Waals surface area contributed by atoms with E-state index in [0.29, 0.717) is 28.1 Å². The van der Waals surface area contributed by atoms with Gasteiger partial charge in [-0.2, -0.15) is 13.2 Å². The van der Waals surface area contributed by atoms with Crippen molar-refractivity contribution < 1.29 is 27.5 Å². The van der Waals surface area contributed by atoms with Gasteiger partial charge in [-0.05, 0) is 44.4 Å². The second-order valence-electron chi connectivity index (χ2n) is 8.10. The van der Waals surface area contributed by atoms with Gasteiger partial charge in [-0.3, -0.25) is 4.79 Å². The van der Waals surface area contributed by atoms with E-state index in [-0.39, 0.29) is 25.0 Å². The largest absolute Gasteiger partial charge is 0.444 e. The number of fused-ring (bicyclic) bond motifs is 1. The van der Waals surface area contributed by atoms with Crippen LogP contribution in [-0.4, -0.2) is 54.7 Å². The molecule has 2 N–H and O–H groups in total. The summed E-state index contributed by atoms with van der Waals surface area (Å²) in [5.74, 6) is -0.262.